The van der Waals surface area contributed by atoms with Crippen LogP contribution in [0, 0.1) is 0 Å². The molecule has 0 saturated heterocycles. The topological polar surface area (TPSA) is 46.2 Å². The monoisotopic (exact) mass is 1090 g/mol. The maximum absolute atomic E-state index is 5.93. The molecular weight excluding hydrogens is 945 g/mol. The van der Waals surface area contributed by atoms with Crippen molar-refractivity contribution >= 4 is 0 Å². The maximum atomic E-state index is 5.93. The second-order valence-electron chi connectivity index (χ2n) is 24.9. The standard InChI is InChI=1S/C72H146O5/c1-3-5-7-9-11-13-15-17-19-25-31-37-43-49-55-61-67-73-69-63-57-51-45-39-33-27-21-23-29-35-41-47-53-59-65-71-75-77-76-72-66-60-54-48-42-36-30-24-22-28-34-40-46-52-58-64-70-74-68-62-56-50-44-38-32-26-20-18-16-14-12-10-8-6-4-2/h3-72H2,1-2H3. The fourth-order valence-corrected chi connectivity index (χ4v) is 11.5. The highest BCUT2D eigenvalue weighted by molar-refractivity contribution is 4.55. The van der Waals surface area contributed by atoms with E-state index in [0.29, 0.717) is 13.2 Å². The van der Waals surface area contributed by atoms with E-state index in [9.17, 15) is 0 Å². The second kappa shape index (κ2) is 75.8. The molecular formula is C72H146O5. The molecule has 0 aliphatic heterocycles. The summed E-state index contributed by atoms with van der Waals surface area (Å²) in [6.45, 7) is 9.83. The Labute approximate surface area is 486 Å². The lowest BCUT2D eigenvalue weighted by atomic mass is 10.0. The SMILES string of the molecule is CCCCCCCCCCCCCCCCCCOCCCCCCCCCCCCCCCCCCOOOCCCCCCCCCCCCCCCCCCOCCCCCCCCCCCCCCCCCC. The minimum atomic E-state index is 0.643. The van der Waals surface area contributed by atoms with Crippen molar-refractivity contribution in [1.29, 1.82) is 0 Å². The molecule has 0 N–H and O–H groups in total. The van der Waals surface area contributed by atoms with Gasteiger partial charge in [-0.25, -0.2) is 9.78 Å². The average molecular weight is 1090 g/mol. The van der Waals surface area contributed by atoms with E-state index in [0.717, 1.165) is 39.3 Å². The maximum Gasteiger partial charge on any atom is 0.0853 e. The van der Waals surface area contributed by atoms with Crippen LogP contribution in [-0.4, -0.2) is 39.6 Å². The first-order chi connectivity index (χ1) is 38.4. The Morgan fingerprint density at radius 2 is 0.247 bits per heavy atom. The van der Waals surface area contributed by atoms with E-state index in [-0.39, 0.29) is 0 Å². The van der Waals surface area contributed by atoms with Crippen LogP contribution in [0.15, 0.2) is 0 Å². The van der Waals surface area contributed by atoms with Crippen LogP contribution >= 0.6 is 0 Å². The van der Waals surface area contributed by atoms with Gasteiger partial charge in [-0.1, -0.05) is 391 Å². The van der Waals surface area contributed by atoms with Crippen molar-refractivity contribution in [2.75, 3.05) is 39.6 Å². The van der Waals surface area contributed by atoms with Gasteiger partial charge in [0.2, 0.25) is 0 Å². The summed E-state index contributed by atoms with van der Waals surface area (Å²) in [7, 11) is 0. The van der Waals surface area contributed by atoms with Crippen LogP contribution in [0.4, 0.5) is 0 Å². The highest BCUT2D eigenvalue weighted by Gasteiger charge is 2.01. The smallest absolute Gasteiger partial charge is 0.0853 e. The molecule has 0 aromatic rings. The van der Waals surface area contributed by atoms with E-state index in [4.69, 9.17) is 24.3 Å². The van der Waals surface area contributed by atoms with Crippen molar-refractivity contribution in [2.24, 2.45) is 0 Å². The first-order valence-corrected chi connectivity index (χ1v) is 36.5. The molecule has 0 amide bonds. The molecule has 0 aromatic carbocycles. The van der Waals surface area contributed by atoms with Crippen LogP contribution < -0.4 is 0 Å². The van der Waals surface area contributed by atoms with E-state index in [1.807, 2.05) is 0 Å². The summed E-state index contributed by atoms with van der Waals surface area (Å²) in [5, 5.41) is 4.97. The van der Waals surface area contributed by atoms with Crippen molar-refractivity contribution < 1.29 is 24.3 Å². The van der Waals surface area contributed by atoms with Crippen LogP contribution in [0.25, 0.3) is 0 Å². The zero-order valence-corrected chi connectivity index (χ0v) is 53.5. The molecule has 77 heavy (non-hydrogen) atoms. The molecule has 0 radical (unpaired) electrons. The Kier molecular flexibility index (Phi) is 75.6. The molecule has 5 heteroatoms. The highest BCUT2D eigenvalue weighted by Crippen LogP contribution is 2.19. The zero-order valence-electron chi connectivity index (χ0n) is 53.5. The summed E-state index contributed by atoms with van der Waals surface area (Å²) in [5.74, 6) is 0. The Hall–Kier alpha value is -0.200. The van der Waals surface area contributed by atoms with Gasteiger partial charge in [-0.15, -0.1) is 0 Å². The number of rotatable bonds is 74. The molecule has 464 valence electrons. The minimum Gasteiger partial charge on any atom is -0.381 e. The van der Waals surface area contributed by atoms with Crippen LogP contribution in [0.5, 0.6) is 0 Å². The molecule has 0 bridgehead atoms. The lowest BCUT2D eigenvalue weighted by molar-refractivity contribution is -0.512. The molecule has 0 saturated carbocycles. The second-order valence-corrected chi connectivity index (χ2v) is 24.9. The third-order valence-corrected chi connectivity index (χ3v) is 16.9. The van der Waals surface area contributed by atoms with Crippen molar-refractivity contribution in [3.8, 4) is 0 Å². The first-order valence-electron chi connectivity index (χ1n) is 36.5. The van der Waals surface area contributed by atoms with Crippen molar-refractivity contribution in [3.63, 3.8) is 0 Å². The lowest BCUT2D eigenvalue weighted by Gasteiger charge is -2.06. The Bertz CT molecular complexity index is 887. The molecule has 0 aliphatic rings. The Morgan fingerprint density at radius 1 is 0.130 bits per heavy atom. The average Bonchev–Trinajstić information content (AvgIpc) is 3.44. The fraction of sp³-hybridized carbons (Fsp3) is 1.00. The van der Waals surface area contributed by atoms with Gasteiger partial charge in [0.05, 0.1) is 13.2 Å². The van der Waals surface area contributed by atoms with E-state index in [1.54, 1.807) is 0 Å². The van der Waals surface area contributed by atoms with Gasteiger partial charge in [0, 0.05) is 26.4 Å². The number of unbranched alkanes of at least 4 members (excludes halogenated alkanes) is 60. The van der Waals surface area contributed by atoms with E-state index >= 15 is 0 Å². The van der Waals surface area contributed by atoms with Crippen molar-refractivity contribution in [2.45, 2.75) is 425 Å². The summed E-state index contributed by atoms with van der Waals surface area (Å²) >= 11 is 0. The first kappa shape index (κ1) is 76.8. The molecule has 5 nitrogen and oxygen atoms in total. The minimum absolute atomic E-state index is 0.643. The fourth-order valence-electron chi connectivity index (χ4n) is 11.5. The molecule has 0 spiro atoms. The molecule has 0 atom stereocenters. The van der Waals surface area contributed by atoms with Crippen LogP contribution in [0.3, 0.4) is 0 Å². The predicted molar refractivity (Wildman–Crippen MR) is 341 cm³/mol. The summed E-state index contributed by atoms with van der Waals surface area (Å²) in [5.41, 5.74) is 0. The van der Waals surface area contributed by atoms with Crippen LogP contribution in [-0.2, 0) is 24.3 Å². The molecule has 0 rings (SSSR count). The molecule has 0 aliphatic carbocycles. The van der Waals surface area contributed by atoms with Gasteiger partial charge in [0.15, 0.2) is 0 Å². The molecule has 0 aromatic heterocycles. The van der Waals surface area contributed by atoms with E-state index in [1.165, 1.54) is 398 Å². The highest BCUT2D eigenvalue weighted by atomic mass is 17.5. The Morgan fingerprint density at radius 3 is 0.390 bits per heavy atom. The Balaban J connectivity index is 3.08. The normalized spacial score (nSPS) is 11.8. The van der Waals surface area contributed by atoms with Gasteiger partial charge in [-0.3, -0.25) is 0 Å². The summed E-state index contributed by atoms with van der Waals surface area (Å²) in [4.78, 5) is 10.5. The third-order valence-electron chi connectivity index (χ3n) is 16.9. The number of hydrogen-bond donors (Lipinski definition) is 0. The quantitative estimate of drug-likeness (QED) is 0.0345. The molecule has 0 fully saturated rings. The van der Waals surface area contributed by atoms with Gasteiger partial charge < -0.3 is 9.47 Å². The van der Waals surface area contributed by atoms with E-state index in [2.05, 4.69) is 13.8 Å². The van der Waals surface area contributed by atoms with Gasteiger partial charge in [0.25, 0.3) is 0 Å². The van der Waals surface area contributed by atoms with Gasteiger partial charge in [-0.05, 0) is 38.5 Å². The molecule has 0 heterocycles. The van der Waals surface area contributed by atoms with Gasteiger partial charge >= 0.3 is 0 Å². The zero-order chi connectivity index (χ0) is 55.0. The largest absolute Gasteiger partial charge is 0.381 e. The van der Waals surface area contributed by atoms with Crippen molar-refractivity contribution in [1.82, 2.24) is 0 Å². The summed E-state index contributed by atoms with van der Waals surface area (Å²) in [6, 6.07) is 0. The summed E-state index contributed by atoms with van der Waals surface area (Å²) in [6.07, 6.45) is 89.4. The predicted octanol–water partition coefficient (Wildman–Crippen LogP) is 25.9. The summed E-state index contributed by atoms with van der Waals surface area (Å²) < 4.78 is 11.9. The van der Waals surface area contributed by atoms with Crippen LogP contribution in [0.2, 0.25) is 0 Å². The van der Waals surface area contributed by atoms with Gasteiger partial charge in [-0.2, -0.15) is 0 Å². The number of ether oxygens (including phenoxy) is 2. The lowest BCUT2D eigenvalue weighted by Crippen LogP contribution is -2.00. The third kappa shape index (κ3) is 75.8. The van der Waals surface area contributed by atoms with E-state index < -0.39 is 0 Å². The van der Waals surface area contributed by atoms with Crippen LogP contribution in [0.1, 0.15) is 425 Å². The number of hydrogen-bond acceptors (Lipinski definition) is 5. The molecule has 0 unspecified atom stereocenters. The van der Waals surface area contributed by atoms with Gasteiger partial charge in [0.1, 0.15) is 0 Å². The van der Waals surface area contributed by atoms with Crippen molar-refractivity contribution in [3.05, 3.63) is 0 Å².